The fourth-order valence-electron chi connectivity index (χ4n) is 1.94. The van der Waals surface area contributed by atoms with E-state index >= 15 is 0 Å². The van der Waals surface area contributed by atoms with Gasteiger partial charge in [-0.1, -0.05) is 5.16 Å². The van der Waals surface area contributed by atoms with Gasteiger partial charge in [-0.25, -0.2) is 0 Å². The van der Waals surface area contributed by atoms with Gasteiger partial charge in [-0.05, 0) is 38.1 Å². The van der Waals surface area contributed by atoms with Gasteiger partial charge >= 0.3 is 5.97 Å². The number of carbonyl (C=O) groups excluding carboxylic acids is 1. The van der Waals surface area contributed by atoms with Gasteiger partial charge in [0.05, 0.1) is 6.61 Å². The van der Waals surface area contributed by atoms with Crippen LogP contribution in [0.25, 0.3) is 11.4 Å². The first-order valence-electron chi connectivity index (χ1n) is 7.57. The van der Waals surface area contributed by atoms with Gasteiger partial charge in [-0.2, -0.15) is 4.98 Å². The number of aliphatic carboxylic acids is 1. The molecule has 1 heterocycles. The average Bonchev–Trinajstić information content (AvgIpc) is 3.03. The third kappa shape index (κ3) is 4.80. The van der Waals surface area contributed by atoms with Crippen molar-refractivity contribution >= 4 is 11.9 Å². The highest BCUT2D eigenvalue weighted by molar-refractivity contribution is 5.83. The summed E-state index contributed by atoms with van der Waals surface area (Å²) in [6, 6.07) is 6.34. The third-order valence-corrected chi connectivity index (χ3v) is 3.21. The first kappa shape index (κ1) is 17.5. The minimum atomic E-state index is -1.08. The van der Waals surface area contributed by atoms with Crippen LogP contribution < -0.4 is 10.1 Å². The molecule has 1 aromatic carbocycles. The number of benzene rings is 1. The molecular formula is C16H19N3O5. The Bertz CT molecular complexity index is 696. The van der Waals surface area contributed by atoms with Crippen molar-refractivity contribution in [2.75, 3.05) is 6.61 Å². The Kier molecular flexibility index (Phi) is 5.89. The van der Waals surface area contributed by atoms with Crippen molar-refractivity contribution in [1.82, 2.24) is 15.5 Å². The molecule has 0 bridgehead atoms. The highest BCUT2D eigenvalue weighted by Crippen LogP contribution is 2.20. The minimum Gasteiger partial charge on any atom is -0.494 e. The monoisotopic (exact) mass is 333 g/mol. The number of amides is 1. The molecule has 0 aliphatic carbocycles. The topological polar surface area (TPSA) is 115 Å². The van der Waals surface area contributed by atoms with Crippen LogP contribution in [0.5, 0.6) is 5.75 Å². The maximum absolute atomic E-state index is 11.6. The Morgan fingerprint density at radius 1 is 1.33 bits per heavy atom. The normalized spacial score (nSPS) is 11.8. The van der Waals surface area contributed by atoms with Crippen molar-refractivity contribution in [2.24, 2.45) is 0 Å². The van der Waals surface area contributed by atoms with E-state index in [-0.39, 0.29) is 18.7 Å². The summed E-state index contributed by atoms with van der Waals surface area (Å²) >= 11 is 0. The maximum Gasteiger partial charge on any atom is 0.325 e. The molecule has 2 aromatic rings. The van der Waals surface area contributed by atoms with Crippen LogP contribution in [0.2, 0.25) is 0 Å². The molecule has 0 unspecified atom stereocenters. The molecule has 0 spiro atoms. The Labute approximate surface area is 138 Å². The van der Waals surface area contributed by atoms with E-state index in [1.165, 1.54) is 6.92 Å². The van der Waals surface area contributed by atoms with Crippen LogP contribution in [-0.2, 0) is 16.0 Å². The lowest BCUT2D eigenvalue weighted by Gasteiger charge is -2.07. The largest absolute Gasteiger partial charge is 0.494 e. The number of hydrogen-bond acceptors (Lipinski definition) is 6. The van der Waals surface area contributed by atoms with E-state index in [2.05, 4.69) is 15.5 Å². The summed E-state index contributed by atoms with van der Waals surface area (Å²) in [7, 11) is 0. The van der Waals surface area contributed by atoms with Crippen molar-refractivity contribution in [1.29, 1.82) is 0 Å². The van der Waals surface area contributed by atoms with Gasteiger partial charge < -0.3 is 19.7 Å². The highest BCUT2D eigenvalue weighted by Gasteiger charge is 2.15. The van der Waals surface area contributed by atoms with E-state index in [9.17, 15) is 9.59 Å². The van der Waals surface area contributed by atoms with Crippen LogP contribution >= 0.6 is 0 Å². The molecule has 2 rings (SSSR count). The smallest absolute Gasteiger partial charge is 0.325 e. The zero-order valence-corrected chi connectivity index (χ0v) is 13.5. The number of aromatic nitrogens is 2. The number of nitrogens with one attached hydrogen (secondary N) is 1. The maximum atomic E-state index is 11.6. The number of hydrogen-bond donors (Lipinski definition) is 2. The van der Waals surface area contributed by atoms with Crippen LogP contribution in [-0.4, -0.2) is 39.8 Å². The van der Waals surface area contributed by atoms with E-state index in [1.54, 1.807) is 0 Å². The summed E-state index contributed by atoms with van der Waals surface area (Å²) in [5.41, 5.74) is 0.775. The third-order valence-electron chi connectivity index (χ3n) is 3.21. The lowest BCUT2D eigenvalue weighted by atomic mass is 10.2. The van der Waals surface area contributed by atoms with Crippen LogP contribution in [0.15, 0.2) is 28.8 Å². The van der Waals surface area contributed by atoms with Gasteiger partial charge in [0.1, 0.15) is 11.8 Å². The van der Waals surface area contributed by atoms with Crippen molar-refractivity contribution in [3.8, 4) is 17.1 Å². The van der Waals surface area contributed by atoms with Gasteiger partial charge in [0, 0.05) is 18.4 Å². The molecule has 24 heavy (non-hydrogen) atoms. The molecule has 128 valence electrons. The van der Waals surface area contributed by atoms with Crippen LogP contribution in [0, 0.1) is 0 Å². The number of ether oxygens (including phenoxy) is 1. The van der Waals surface area contributed by atoms with Crippen LogP contribution in [0.3, 0.4) is 0 Å². The predicted octanol–water partition coefficient (Wildman–Crippen LogP) is 1.66. The Balaban J connectivity index is 1.91. The first-order valence-corrected chi connectivity index (χ1v) is 7.57. The summed E-state index contributed by atoms with van der Waals surface area (Å²) in [5, 5.41) is 15.0. The SMILES string of the molecule is CCOc1ccc(-c2noc(CCC(=O)N[C@@H](C)C(=O)O)n2)cc1. The zero-order chi connectivity index (χ0) is 17.5. The minimum absolute atomic E-state index is 0.0720. The molecule has 1 amide bonds. The average molecular weight is 333 g/mol. The summed E-state index contributed by atoms with van der Waals surface area (Å²) in [5.74, 6) is 0.0307. The molecule has 1 atom stereocenters. The van der Waals surface area contributed by atoms with Crippen molar-refractivity contribution in [3.63, 3.8) is 0 Å². The number of nitrogens with zero attached hydrogens (tertiary/aromatic N) is 2. The van der Waals surface area contributed by atoms with Crippen LogP contribution in [0.1, 0.15) is 26.2 Å². The van der Waals surface area contributed by atoms with E-state index < -0.39 is 12.0 Å². The number of carbonyl (C=O) groups is 2. The van der Waals surface area contributed by atoms with E-state index in [1.807, 2.05) is 31.2 Å². The standard InChI is InChI=1S/C16H19N3O5/c1-3-23-12-6-4-11(5-7-12)15-18-14(24-19-15)9-8-13(20)17-10(2)16(21)22/h4-7,10H,3,8-9H2,1-2H3,(H,17,20)(H,21,22)/t10-/m0/s1. The van der Waals surface area contributed by atoms with E-state index in [0.29, 0.717) is 18.3 Å². The molecule has 0 aliphatic rings. The van der Waals surface area contributed by atoms with Gasteiger partial charge in [-0.3, -0.25) is 9.59 Å². The van der Waals surface area contributed by atoms with Gasteiger partial charge in [0.15, 0.2) is 0 Å². The summed E-state index contributed by atoms with van der Waals surface area (Å²) in [4.78, 5) is 26.5. The van der Waals surface area contributed by atoms with Gasteiger partial charge in [0.25, 0.3) is 0 Å². The zero-order valence-electron chi connectivity index (χ0n) is 13.5. The number of rotatable bonds is 8. The Morgan fingerprint density at radius 3 is 2.67 bits per heavy atom. The van der Waals surface area contributed by atoms with Gasteiger partial charge in [-0.15, -0.1) is 0 Å². The summed E-state index contributed by atoms with van der Waals surface area (Å²) < 4.78 is 10.5. The highest BCUT2D eigenvalue weighted by atomic mass is 16.5. The fourth-order valence-corrected chi connectivity index (χ4v) is 1.94. The molecule has 0 fully saturated rings. The number of aryl methyl sites for hydroxylation is 1. The lowest BCUT2D eigenvalue weighted by Crippen LogP contribution is -2.38. The first-order chi connectivity index (χ1) is 11.5. The quantitative estimate of drug-likeness (QED) is 0.755. The molecule has 0 saturated carbocycles. The predicted molar refractivity (Wildman–Crippen MR) is 84.5 cm³/mol. The second-order valence-corrected chi connectivity index (χ2v) is 5.10. The lowest BCUT2D eigenvalue weighted by molar-refractivity contribution is -0.141. The second kappa shape index (κ2) is 8.09. The molecule has 0 aliphatic heterocycles. The fraction of sp³-hybridized carbons (Fsp3) is 0.375. The molecule has 8 nitrogen and oxygen atoms in total. The summed E-state index contributed by atoms with van der Waals surface area (Å²) in [6.07, 6.45) is 0.310. The molecular weight excluding hydrogens is 314 g/mol. The van der Waals surface area contributed by atoms with E-state index in [4.69, 9.17) is 14.4 Å². The molecule has 2 N–H and O–H groups in total. The van der Waals surface area contributed by atoms with Crippen LogP contribution in [0.4, 0.5) is 0 Å². The van der Waals surface area contributed by atoms with Gasteiger partial charge in [0.2, 0.25) is 17.6 Å². The molecule has 8 heteroatoms. The Hall–Kier alpha value is -2.90. The Morgan fingerprint density at radius 2 is 2.04 bits per heavy atom. The summed E-state index contributed by atoms with van der Waals surface area (Å²) in [6.45, 7) is 3.90. The second-order valence-electron chi connectivity index (χ2n) is 5.10. The van der Waals surface area contributed by atoms with Crippen molar-refractivity contribution in [2.45, 2.75) is 32.7 Å². The number of carboxylic acids is 1. The molecule has 0 saturated heterocycles. The molecule has 1 aromatic heterocycles. The molecule has 0 radical (unpaired) electrons. The number of carboxylic acid groups (broad SMARTS) is 1. The van der Waals surface area contributed by atoms with Crippen molar-refractivity contribution < 1.29 is 24.0 Å². The van der Waals surface area contributed by atoms with E-state index in [0.717, 1.165) is 11.3 Å². The van der Waals surface area contributed by atoms with Crippen molar-refractivity contribution in [3.05, 3.63) is 30.2 Å².